The average Bonchev–Trinajstić information content (AvgIpc) is 3.45. The lowest BCUT2D eigenvalue weighted by Crippen LogP contribution is -2.59. The van der Waals surface area contributed by atoms with Crippen LogP contribution in [0.1, 0.15) is 35.8 Å². The molecule has 1 aromatic carbocycles. The SMILES string of the molecule is C[C@H]1CN(C2COC2)CCN1c1ccc(Nc2cc(-c3cc(F)cc4c3COc3cc5c6c(sc5c(=O)n3-4)CCCC6)cn(C)c2=O)nc1. The van der Waals surface area contributed by atoms with Crippen LogP contribution < -0.4 is 26.1 Å². The smallest absolute Gasteiger partial charge is 0.275 e. The Morgan fingerprint density at radius 2 is 1.88 bits per heavy atom. The molecule has 4 aromatic heterocycles. The van der Waals surface area contributed by atoms with Gasteiger partial charge >= 0.3 is 0 Å². The second-order valence-electron chi connectivity index (χ2n) is 13.6. The predicted octanol–water partition coefficient (Wildman–Crippen LogP) is 5.38. The van der Waals surface area contributed by atoms with Gasteiger partial charge in [0.05, 0.1) is 36.8 Å². The Labute approximate surface area is 286 Å². The van der Waals surface area contributed by atoms with Gasteiger partial charge in [-0.2, -0.15) is 0 Å². The van der Waals surface area contributed by atoms with Gasteiger partial charge in [-0.15, -0.1) is 11.3 Å². The fraction of sp³-hybridized carbons (Fsp3) is 0.378. The quantitative estimate of drug-likeness (QED) is 0.265. The Bertz CT molecular complexity index is 2240. The summed E-state index contributed by atoms with van der Waals surface area (Å²) < 4.78 is 30.7. The molecule has 0 unspecified atom stereocenters. The number of nitrogens with zero attached hydrogens (tertiary/aromatic N) is 5. The molecule has 4 aliphatic rings. The molecule has 1 N–H and O–H groups in total. The summed E-state index contributed by atoms with van der Waals surface area (Å²) in [5.41, 5.74) is 4.48. The highest BCUT2D eigenvalue weighted by Crippen LogP contribution is 2.40. The zero-order valence-corrected chi connectivity index (χ0v) is 28.3. The summed E-state index contributed by atoms with van der Waals surface area (Å²) in [6, 6.07) is 11.3. The summed E-state index contributed by atoms with van der Waals surface area (Å²) in [5.74, 6) is 0.480. The van der Waals surface area contributed by atoms with Crippen molar-refractivity contribution in [2.24, 2.45) is 7.05 Å². The van der Waals surface area contributed by atoms with Crippen LogP contribution in [-0.2, 0) is 31.2 Å². The standard InChI is InChI=1S/C37H37FN6O4S/c1-21-16-42(25-18-47-19-25)9-10-43(21)24-7-8-33(39-15-24)40-30-11-22(17-41(2)36(30)45)27-12-23(38)13-31-29(27)20-48-34-14-28-26-5-3-4-6-32(26)49-35(28)37(46)44(31)34/h7-8,11-15,17,21,25H,3-6,9-10,16,18-20H2,1-2H3,(H,39,40)/t21-/m0/s1. The van der Waals surface area contributed by atoms with Gasteiger partial charge in [0.2, 0.25) is 5.88 Å². The molecule has 12 heteroatoms. The van der Waals surface area contributed by atoms with Crippen molar-refractivity contribution in [2.75, 3.05) is 43.1 Å². The lowest BCUT2D eigenvalue weighted by atomic mass is 9.96. The van der Waals surface area contributed by atoms with E-state index in [9.17, 15) is 9.59 Å². The van der Waals surface area contributed by atoms with Crippen molar-refractivity contribution < 1.29 is 13.9 Å². The molecule has 7 heterocycles. The van der Waals surface area contributed by atoms with Gasteiger partial charge < -0.3 is 24.3 Å². The normalized spacial score (nSPS) is 19.2. The molecule has 49 heavy (non-hydrogen) atoms. The van der Waals surface area contributed by atoms with Gasteiger partial charge in [0, 0.05) is 66.4 Å². The first kappa shape index (κ1) is 30.5. The van der Waals surface area contributed by atoms with Gasteiger partial charge in [0.25, 0.3) is 11.1 Å². The molecule has 2 saturated heterocycles. The molecule has 3 aliphatic heterocycles. The Hall–Kier alpha value is -4.52. The molecule has 0 spiro atoms. The van der Waals surface area contributed by atoms with Crippen molar-refractivity contribution in [1.82, 2.24) is 19.0 Å². The van der Waals surface area contributed by atoms with Crippen molar-refractivity contribution >= 4 is 38.6 Å². The second kappa shape index (κ2) is 11.8. The van der Waals surface area contributed by atoms with E-state index in [0.29, 0.717) is 56.5 Å². The van der Waals surface area contributed by atoms with Crippen molar-refractivity contribution in [1.29, 1.82) is 0 Å². The summed E-state index contributed by atoms with van der Waals surface area (Å²) in [7, 11) is 1.67. The zero-order valence-electron chi connectivity index (χ0n) is 27.5. The molecule has 9 rings (SSSR count). The predicted molar refractivity (Wildman–Crippen MR) is 190 cm³/mol. The molecule has 0 bridgehead atoms. The van der Waals surface area contributed by atoms with E-state index in [0.717, 1.165) is 69.6 Å². The van der Waals surface area contributed by atoms with Gasteiger partial charge in [-0.25, -0.2) is 13.9 Å². The van der Waals surface area contributed by atoms with Crippen LogP contribution in [-0.4, -0.2) is 63.9 Å². The van der Waals surface area contributed by atoms with Crippen molar-refractivity contribution in [3.63, 3.8) is 0 Å². The number of aryl methyl sites for hydroxylation is 3. The molecular weight excluding hydrogens is 644 g/mol. The van der Waals surface area contributed by atoms with Gasteiger partial charge in [0.15, 0.2) is 0 Å². The highest BCUT2D eigenvalue weighted by atomic mass is 32.1. The molecule has 252 valence electrons. The second-order valence-corrected chi connectivity index (χ2v) is 14.7. The number of nitrogens with one attached hydrogen (secondary N) is 1. The van der Waals surface area contributed by atoms with Crippen LogP contribution in [0.3, 0.4) is 0 Å². The monoisotopic (exact) mass is 680 g/mol. The Kier molecular flexibility index (Phi) is 7.36. The molecule has 2 fully saturated rings. The third-order valence-electron chi connectivity index (χ3n) is 10.5. The number of hydrogen-bond acceptors (Lipinski definition) is 9. The number of anilines is 3. The minimum atomic E-state index is -0.476. The summed E-state index contributed by atoms with van der Waals surface area (Å²) in [4.78, 5) is 38.1. The molecule has 0 amide bonds. The first-order valence-electron chi connectivity index (χ1n) is 17.0. The van der Waals surface area contributed by atoms with Crippen LogP contribution in [0.15, 0.2) is 58.4 Å². The maximum atomic E-state index is 15.4. The number of thiophene rings is 1. The molecule has 1 atom stereocenters. The van der Waals surface area contributed by atoms with Crippen LogP contribution >= 0.6 is 11.3 Å². The summed E-state index contributed by atoms with van der Waals surface area (Å²) in [6.07, 6.45) is 7.71. The number of rotatable bonds is 5. The topological polar surface area (TPSA) is 93.9 Å². The first-order chi connectivity index (χ1) is 23.8. The van der Waals surface area contributed by atoms with Crippen molar-refractivity contribution in [3.8, 4) is 22.7 Å². The number of fused-ring (bicyclic) bond motifs is 6. The highest BCUT2D eigenvalue weighted by molar-refractivity contribution is 7.19. The summed E-state index contributed by atoms with van der Waals surface area (Å²) in [5, 5.41) is 4.16. The number of pyridine rings is 3. The third-order valence-corrected chi connectivity index (χ3v) is 11.8. The van der Waals surface area contributed by atoms with Gasteiger partial charge in [-0.3, -0.25) is 14.5 Å². The molecule has 5 aromatic rings. The van der Waals surface area contributed by atoms with E-state index in [1.807, 2.05) is 24.4 Å². The van der Waals surface area contributed by atoms with Crippen LogP contribution in [0.25, 0.3) is 26.9 Å². The third kappa shape index (κ3) is 5.15. The number of aromatic nitrogens is 3. The van der Waals surface area contributed by atoms with E-state index in [1.165, 1.54) is 31.7 Å². The van der Waals surface area contributed by atoms with E-state index in [-0.39, 0.29) is 17.7 Å². The van der Waals surface area contributed by atoms with E-state index in [2.05, 4.69) is 27.0 Å². The minimum Gasteiger partial charge on any atom is -0.474 e. The Morgan fingerprint density at radius 1 is 1.02 bits per heavy atom. The van der Waals surface area contributed by atoms with Crippen LogP contribution in [0.4, 0.5) is 21.6 Å². The average molecular weight is 681 g/mol. The summed E-state index contributed by atoms with van der Waals surface area (Å²) in [6.45, 7) is 6.90. The van der Waals surface area contributed by atoms with Gasteiger partial charge in [-0.1, -0.05) is 0 Å². The van der Waals surface area contributed by atoms with E-state index in [4.69, 9.17) is 9.47 Å². The van der Waals surface area contributed by atoms with Crippen molar-refractivity contribution in [3.05, 3.63) is 91.3 Å². The molecule has 0 saturated carbocycles. The minimum absolute atomic E-state index is 0.165. The molecular formula is C37H37FN6O4S. The molecule has 0 radical (unpaired) electrons. The van der Waals surface area contributed by atoms with Gasteiger partial charge in [-0.05, 0) is 74.1 Å². The summed E-state index contributed by atoms with van der Waals surface area (Å²) >= 11 is 1.55. The maximum absolute atomic E-state index is 15.4. The molecule has 1 aliphatic carbocycles. The van der Waals surface area contributed by atoms with Crippen molar-refractivity contribution in [2.45, 2.75) is 51.3 Å². The lowest BCUT2D eigenvalue weighted by molar-refractivity contribution is -0.0691. The largest absolute Gasteiger partial charge is 0.474 e. The van der Waals surface area contributed by atoms with Crippen LogP contribution in [0, 0.1) is 5.82 Å². The number of benzene rings is 1. The number of piperazine rings is 1. The van der Waals surface area contributed by atoms with E-state index >= 15 is 4.39 Å². The number of halogens is 1. The first-order valence-corrected chi connectivity index (χ1v) is 17.8. The fourth-order valence-electron chi connectivity index (χ4n) is 7.85. The number of hydrogen-bond donors (Lipinski definition) is 1. The van der Waals surface area contributed by atoms with Crippen LogP contribution in [0.5, 0.6) is 5.88 Å². The number of ether oxygens (including phenoxy) is 2. The lowest BCUT2D eigenvalue weighted by Gasteiger charge is -2.46. The van der Waals surface area contributed by atoms with Gasteiger partial charge in [0.1, 0.15) is 28.6 Å². The van der Waals surface area contributed by atoms with E-state index < -0.39 is 5.82 Å². The maximum Gasteiger partial charge on any atom is 0.275 e. The molecule has 10 nitrogen and oxygen atoms in total. The zero-order chi connectivity index (χ0) is 33.4. The Morgan fingerprint density at radius 3 is 2.65 bits per heavy atom. The van der Waals surface area contributed by atoms with Crippen LogP contribution in [0.2, 0.25) is 0 Å². The van der Waals surface area contributed by atoms with E-state index in [1.54, 1.807) is 30.6 Å². The highest BCUT2D eigenvalue weighted by Gasteiger charge is 2.32. The Balaban J connectivity index is 1.03. The fourth-order valence-corrected chi connectivity index (χ4v) is 9.15.